The number of nitrogens with zero attached hydrogens (tertiary/aromatic N) is 1. The number of carbonyl (C=O) groups excluding carboxylic acids is 1. The van der Waals surface area contributed by atoms with Crippen molar-refractivity contribution in [2.24, 2.45) is 0 Å². The van der Waals surface area contributed by atoms with Gasteiger partial charge in [-0.05, 0) is 28.7 Å². The number of likely N-dealkylation sites (N-methyl/N-ethyl adjacent to an activating group) is 1. The Morgan fingerprint density at radius 2 is 0.776 bits per heavy atom. The molecule has 0 unspecified atom stereocenters. The van der Waals surface area contributed by atoms with Crippen LogP contribution >= 0.6 is 0 Å². The first-order valence-electron chi connectivity index (χ1n) is 21.1. The maximum Gasteiger partial charge on any atom is 0.409 e. The molecule has 2 aromatic rings. The van der Waals surface area contributed by atoms with Crippen LogP contribution in [0.1, 0.15) is 49.7 Å². The summed E-state index contributed by atoms with van der Waals surface area (Å²) < 4.78 is 66.5. The van der Waals surface area contributed by atoms with Crippen LogP contribution in [-0.4, -0.2) is 177 Å². The van der Waals surface area contributed by atoms with E-state index in [2.05, 4.69) is 31.2 Å². The largest absolute Gasteiger partial charge is 0.448 e. The Kier molecular flexibility index (Phi) is 30.0. The van der Waals surface area contributed by atoms with Crippen molar-refractivity contribution in [3.05, 3.63) is 59.7 Å². The van der Waals surface area contributed by atoms with Crippen LogP contribution in [0.2, 0.25) is 0 Å². The molecule has 0 saturated carbocycles. The van der Waals surface area contributed by atoms with Crippen molar-refractivity contribution in [3.8, 4) is 11.1 Å². The van der Waals surface area contributed by atoms with Gasteiger partial charge in [0.1, 0.15) is 6.61 Å². The number of rotatable bonds is 40. The lowest BCUT2D eigenvalue weighted by Crippen LogP contribution is -2.32. The molecule has 0 N–H and O–H groups in total. The number of benzene rings is 2. The van der Waals surface area contributed by atoms with Crippen LogP contribution in [0.25, 0.3) is 11.1 Å². The first kappa shape index (κ1) is 49.6. The summed E-state index contributed by atoms with van der Waals surface area (Å²) in [7, 11) is 1.72. The van der Waals surface area contributed by atoms with Gasteiger partial charge in [0.25, 0.3) is 0 Å². The monoisotopic (exact) mass is 821 g/mol. The van der Waals surface area contributed by atoms with Gasteiger partial charge in [-0.15, -0.1) is 0 Å². The summed E-state index contributed by atoms with van der Waals surface area (Å²) in [5.74, 6) is 0.0386. The van der Waals surface area contributed by atoms with E-state index in [0.29, 0.717) is 152 Å². The fourth-order valence-corrected chi connectivity index (χ4v) is 5.93. The van der Waals surface area contributed by atoms with Crippen molar-refractivity contribution in [1.29, 1.82) is 0 Å². The van der Waals surface area contributed by atoms with Crippen molar-refractivity contribution in [1.82, 2.24) is 4.90 Å². The predicted molar refractivity (Wildman–Crippen MR) is 221 cm³/mol. The Hall–Kier alpha value is -2.73. The molecule has 0 fully saturated rings. The van der Waals surface area contributed by atoms with Crippen molar-refractivity contribution >= 4 is 6.09 Å². The number of unbranched alkanes of at least 4 members (excludes halogenated alkanes) is 3. The van der Waals surface area contributed by atoms with Crippen LogP contribution in [0.4, 0.5) is 4.79 Å². The highest BCUT2D eigenvalue weighted by molar-refractivity contribution is 5.79. The van der Waals surface area contributed by atoms with Gasteiger partial charge >= 0.3 is 6.09 Å². The van der Waals surface area contributed by atoms with Crippen LogP contribution in [-0.2, 0) is 56.8 Å². The van der Waals surface area contributed by atoms with Crippen LogP contribution in [0.3, 0.4) is 0 Å². The highest BCUT2D eigenvalue weighted by Gasteiger charge is 2.29. The van der Waals surface area contributed by atoms with E-state index >= 15 is 0 Å². The second kappa shape index (κ2) is 35.1. The molecule has 0 heterocycles. The molecule has 58 heavy (non-hydrogen) atoms. The molecule has 0 aromatic heterocycles. The molecule has 330 valence electrons. The van der Waals surface area contributed by atoms with Crippen molar-refractivity contribution in [3.63, 3.8) is 0 Å². The molecule has 2 aromatic carbocycles. The summed E-state index contributed by atoms with van der Waals surface area (Å²) in [5, 5.41) is 0. The van der Waals surface area contributed by atoms with Crippen molar-refractivity contribution in [2.75, 3.05) is 166 Å². The minimum absolute atomic E-state index is 0.0386. The van der Waals surface area contributed by atoms with Gasteiger partial charge in [0, 0.05) is 26.1 Å². The van der Waals surface area contributed by atoms with Gasteiger partial charge in [-0.1, -0.05) is 74.7 Å². The minimum atomic E-state index is -0.363. The van der Waals surface area contributed by atoms with E-state index in [1.54, 1.807) is 7.05 Å². The number of hydrogen-bond donors (Lipinski definition) is 0. The molecule has 1 aliphatic carbocycles. The summed E-state index contributed by atoms with van der Waals surface area (Å²) in [6.45, 7) is 14.4. The van der Waals surface area contributed by atoms with Crippen LogP contribution < -0.4 is 0 Å². The van der Waals surface area contributed by atoms with E-state index in [9.17, 15) is 4.79 Å². The first-order chi connectivity index (χ1) is 28.7. The lowest BCUT2D eigenvalue weighted by Gasteiger charge is -2.19. The van der Waals surface area contributed by atoms with Crippen LogP contribution in [0, 0.1) is 0 Å². The van der Waals surface area contributed by atoms with E-state index in [4.69, 9.17) is 56.8 Å². The average Bonchev–Trinajstić information content (AvgIpc) is 3.57. The van der Waals surface area contributed by atoms with E-state index in [1.807, 2.05) is 24.3 Å². The number of fused-ring (bicyclic) bond motifs is 3. The normalized spacial score (nSPS) is 12.2. The quantitative estimate of drug-likeness (QED) is 0.0771. The number of hydrogen-bond acceptors (Lipinski definition) is 13. The molecule has 0 spiro atoms. The standard InChI is InChI=1S/C44H71NO13/c1-3-4-5-10-16-47-18-20-49-22-24-51-26-28-53-30-32-55-34-36-57-37-35-56-33-31-54-29-27-52-25-23-50-21-19-48-17-15-45(2)44(46)58-38-43-41-13-8-6-11-39(41)40-12-7-9-14-42(40)43/h6-9,11-14,43H,3-5,10,15-38H2,1-2H3. The topological polar surface area (TPSA) is 131 Å². The Labute approximate surface area is 346 Å². The molecule has 14 heteroatoms. The van der Waals surface area contributed by atoms with Gasteiger partial charge in [0.2, 0.25) is 0 Å². The number of ether oxygens (including phenoxy) is 12. The summed E-state index contributed by atoms with van der Waals surface area (Å²) in [4.78, 5) is 14.2. The fraction of sp³-hybridized carbons (Fsp3) is 0.705. The third kappa shape index (κ3) is 23.2. The zero-order valence-corrected chi connectivity index (χ0v) is 35.2. The Bertz CT molecular complexity index is 1230. The lowest BCUT2D eigenvalue weighted by molar-refractivity contribution is -0.0276. The molecule has 3 rings (SSSR count). The maximum atomic E-state index is 12.6. The van der Waals surface area contributed by atoms with Crippen LogP contribution in [0.5, 0.6) is 0 Å². The predicted octanol–water partition coefficient (Wildman–Crippen LogP) is 5.63. The summed E-state index contributed by atoms with van der Waals surface area (Å²) >= 11 is 0. The second-order valence-electron chi connectivity index (χ2n) is 13.5. The Morgan fingerprint density at radius 3 is 1.14 bits per heavy atom. The maximum absolute atomic E-state index is 12.6. The molecule has 0 atom stereocenters. The van der Waals surface area contributed by atoms with Gasteiger partial charge < -0.3 is 61.7 Å². The highest BCUT2D eigenvalue weighted by Crippen LogP contribution is 2.44. The van der Waals surface area contributed by atoms with Gasteiger partial charge in [0.15, 0.2) is 0 Å². The SMILES string of the molecule is CCCCCCOCCOCCOCCOCCOCCOCCOCCOCCOCCOCCOCCN(C)C(=O)OCC1c2ccccc2-c2ccccc21. The molecule has 1 aliphatic rings. The van der Waals surface area contributed by atoms with E-state index in [-0.39, 0.29) is 12.0 Å². The van der Waals surface area contributed by atoms with Gasteiger partial charge in [-0.2, -0.15) is 0 Å². The molecular formula is C44H71NO13. The minimum Gasteiger partial charge on any atom is -0.448 e. The van der Waals surface area contributed by atoms with E-state index in [1.165, 1.54) is 46.4 Å². The fourth-order valence-electron chi connectivity index (χ4n) is 5.93. The molecule has 0 bridgehead atoms. The van der Waals surface area contributed by atoms with Gasteiger partial charge in [-0.3, -0.25) is 0 Å². The second-order valence-corrected chi connectivity index (χ2v) is 13.5. The molecule has 0 radical (unpaired) electrons. The summed E-state index contributed by atoms with van der Waals surface area (Å²) in [6, 6.07) is 16.6. The van der Waals surface area contributed by atoms with Gasteiger partial charge in [0.05, 0.1) is 139 Å². The molecule has 14 nitrogen and oxygen atoms in total. The molecule has 0 saturated heterocycles. The zero-order chi connectivity index (χ0) is 41.0. The van der Waals surface area contributed by atoms with Crippen molar-refractivity contribution in [2.45, 2.75) is 38.5 Å². The third-order valence-electron chi connectivity index (χ3n) is 9.08. The van der Waals surface area contributed by atoms with Crippen molar-refractivity contribution < 1.29 is 61.6 Å². The summed E-state index contributed by atoms with van der Waals surface area (Å²) in [5.41, 5.74) is 4.80. The third-order valence-corrected chi connectivity index (χ3v) is 9.08. The van der Waals surface area contributed by atoms with Gasteiger partial charge in [-0.25, -0.2) is 4.79 Å². The van der Waals surface area contributed by atoms with E-state index in [0.717, 1.165) is 13.0 Å². The number of amides is 1. The summed E-state index contributed by atoms with van der Waals surface area (Å²) in [6.07, 6.45) is 4.51. The van der Waals surface area contributed by atoms with Crippen LogP contribution in [0.15, 0.2) is 48.5 Å². The Morgan fingerprint density at radius 1 is 0.448 bits per heavy atom. The van der Waals surface area contributed by atoms with E-state index < -0.39 is 0 Å². The highest BCUT2D eigenvalue weighted by atomic mass is 16.6. The number of carbonyl (C=O) groups is 1. The zero-order valence-electron chi connectivity index (χ0n) is 35.2. The molecular weight excluding hydrogens is 750 g/mol. The smallest absolute Gasteiger partial charge is 0.409 e. The lowest BCUT2D eigenvalue weighted by atomic mass is 9.98. The molecule has 1 amide bonds. The Balaban J connectivity index is 0.950. The molecule has 0 aliphatic heterocycles. The average molecular weight is 822 g/mol. The first-order valence-corrected chi connectivity index (χ1v) is 21.1.